The highest BCUT2D eigenvalue weighted by Gasteiger charge is 2.20. The van der Waals surface area contributed by atoms with E-state index >= 15 is 0 Å². The molecule has 13 heavy (non-hydrogen) atoms. The highest BCUT2D eigenvalue weighted by Crippen LogP contribution is 1.96. The van der Waals surface area contributed by atoms with Crippen molar-refractivity contribution in [3.8, 4) is 0 Å². The van der Waals surface area contributed by atoms with Crippen molar-refractivity contribution >= 4 is 11.6 Å². The van der Waals surface area contributed by atoms with Crippen LogP contribution in [0.4, 0.5) is 0 Å². The zero-order valence-electron chi connectivity index (χ0n) is 8.42. The van der Waals surface area contributed by atoms with Crippen LogP contribution in [0.1, 0.15) is 20.8 Å². The number of carbonyl (C=O) groups excluding carboxylic acids is 1. The number of nitrogens with one attached hydrogen (secondary N) is 2. The predicted octanol–water partition coefficient (Wildman–Crippen LogP) is -0.0563. The maximum absolute atomic E-state index is 11.0. The Hall–Kier alpha value is -0.900. The Morgan fingerprint density at radius 3 is 2.92 bits per heavy atom. The van der Waals surface area contributed by atoms with Crippen LogP contribution in [0.5, 0.6) is 0 Å². The summed E-state index contributed by atoms with van der Waals surface area (Å²) >= 11 is 0. The van der Waals surface area contributed by atoms with Gasteiger partial charge in [-0.1, -0.05) is 13.8 Å². The first-order chi connectivity index (χ1) is 6.09. The molecule has 2 N–H and O–H groups in total. The molecule has 1 unspecified atom stereocenters. The molecule has 0 aromatic carbocycles. The smallest absolute Gasteiger partial charge is 0.153 e. The van der Waals surface area contributed by atoms with Gasteiger partial charge in [-0.15, -0.1) is 0 Å². The van der Waals surface area contributed by atoms with Gasteiger partial charge in [0.25, 0.3) is 0 Å². The fourth-order valence-electron chi connectivity index (χ4n) is 1.13. The molecule has 1 heterocycles. The van der Waals surface area contributed by atoms with Gasteiger partial charge < -0.3 is 10.6 Å². The van der Waals surface area contributed by atoms with Crippen LogP contribution in [0.3, 0.4) is 0 Å². The van der Waals surface area contributed by atoms with Crippen molar-refractivity contribution in [2.45, 2.75) is 32.9 Å². The molecule has 4 nitrogen and oxygen atoms in total. The third kappa shape index (κ3) is 3.14. The molecule has 0 bridgehead atoms. The van der Waals surface area contributed by atoms with E-state index in [4.69, 9.17) is 0 Å². The van der Waals surface area contributed by atoms with Crippen LogP contribution in [-0.4, -0.2) is 36.8 Å². The predicted molar refractivity (Wildman–Crippen MR) is 53.0 cm³/mol. The number of amidine groups is 1. The number of aliphatic imine (C=N–C) groups is 1. The maximum atomic E-state index is 11.0. The lowest BCUT2D eigenvalue weighted by Crippen LogP contribution is -2.41. The molecule has 1 aliphatic rings. The first kappa shape index (κ1) is 10.2. The minimum Gasteiger partial charge on any atom is -0.361 e. The van der Waals surface area contributed by atoms with Gasteiger partial charge in [0.2, 0.25) is 0 Å². The quantitative estimate of drug-likeness (QED) is 0.642. The highest BCUT2D eigenvalue weighted by molar-refractivity contribution is 5.93. The molecule has 0 aromatic rings. The van der Waals surface area contributed by atoms with Crippen LogP contribution in [0.2, 0.25) is 0 Å². The summed E-state index contributed by atoms with van der Waals surface area (Å²) in [5.41, 5.74) is 0. The second-order valence-electron chi connectivity index (χ2n) is 3.63. The number of nitrogens with zero attached hydrogens (tertiary/aromatic N) is 1. The maximum Gasteiger partial charge on any atom is 0.153 e. The normalized spacial score (nSPS) is 21.5. The molecule has 0 saturated carbocycles. The third-order valence-electron chi connectivity index (χ3n) is 1.97. The number of hydrogen-bond acceptors (Lipinski definition) is 4. The van der Waals surface area contributed by atoms with Gasteiger partial charge in [0.1, 0.15) is 11.9 Å². The molecule has 0 amide bonds. The van der Waals surface area contributed by atoms with Crippen molar-refractivity contribution in [2.75, 3.05) is 13.1 Å². The van der Waals surface area contributed by atoms with Gasteiger partial charge in [0.05, 0.1) is 13.1 Å². The number of carbonyl (C=O) groups is 1. The fourth-order valence-corrected chi connectivity index (χ4v) is 1.13. The van der Waals surface area contributed by atoms with E-state index in [0.717, 1.165) is 12.4 Å². The Labute approximate surface area is 78.8 Å². The van der Waals surface area contributed by atoms with Crippen molar-refractivity contribution in [1.82, 2.24) is 10.6 Å². The zero-order chi connectivity index (χ0) is 9.84. The van der Waals surface area contributed by atoms with Gasteiger partial charge in [0, 0.05) is 6.04 Å². The number of Topliss-reactive ketones (excluding diaryl/α,β-unsaturated/α-hetero) is 1. The van der Waals surface area contributed by atoms with Gasteiger partial charge in [-0.3, -0.25) is 9.79 Å². The van der Waals surface area contributed by atoms with E-state index in [9.17, 15) is 4.79 Å². The van der Waals surface area contributed by atoms with E-state index in [1.165, 1.54) is 0 Å². The summed E-state index contributed by atoms with van der Waals surface area (Å²) in [5, 5.41) is 6.33. The topological polar surface area (TPSA) is 53.5 Å². The van der Waals surface area contributed by atoms with Crippen LogP contribution >= 0.6 is 0 Å². The van der Waals surface area contributed by atoms with E-state index in [2.05, 4.69) is 29.5 Å². The minimum absolute atomic E-state index is 0.0936. The first-order valence-electron chi connectivity index (χ1n) is 4.63. The van der Waals surface area contributed by atoms with Crippen molar-refractivity contribution in [1.29, 1.82) is 0 Å². The van der Waals surface area contributed by atoms with E-state index in [-0.39, 0.29) is 11.8 Å². The molecule has 0 aliphatic carbocycles. The Kier molecular flexibility index (Phi) is 3.42. The standard InChI is InChI=1S/C9H17N3O/c1-6(2)10-5-9-11-4-8(12-9)7(3)13/h6,8,10H,4-5H2,1-3H3,(H,11,12). The fraction of sp³-hybridized carbons (Fsp3) is 0.778. The Balaban J connectivity index is 2.28. The number of ketones is 1. The molecule has 0 radical (unpaired) electrons. The first-order valence-corrected chi connectivity index (χ1v) is 4.63. The molecule has 0 spiro atoms. The summed E-state index contributed by atoms with van der Waals surface area (Å²) in [6.07, 6.45) is 0. The van der Waals surface area contributed by atoms with Crippen molar-refractivity contribution in [3.05, 3.63) is 0 Å². The Morgan fingerprint density at radius 2 is 2.46 bits per heavy atom. The van der Waals surface area contributed by atoms with E-state index in [0.29, 0.717) is 12.6 Å². The van der Waals surface area contributed by atoms with Crippen molar-refractivity contribution < 1.29 is 4.79 Å². The van der Waals surface area contributed by atoms with E-state index in [1.54, 1.807) is 6.92 Å². The summed E-state index contributed by atoms with van der Waals surface area (Å²) in [6, 6.07) is 0.352. The number of hydrogen-bond donors (Lipinski definition) is 2. The van der Waals surface area contributed by atoms with Crippen LogP contribution < -0.4 is 10.6 Å². The van der Waals surface area contributed by atoms with Crippen molar-refractivity contribution in [3.63, 3.8) is 0 Å². The van der Waals surface area contributed by atoms with Crippen LogP contribution in [0.25, 0.3) is 0 Å². The second kappa shape index (κ2) is 4.37. The Morgan fingerprint density at radius 1 is 1.77 bits per heavy atom. The Bertz CT molecular complexity index is 223. The molecule has 4 heteroatoms. The summed E-state index contributed by atoms with van der Waals surface area (Å²) in [7, 11) is 0. The average Bonchev–Trinajstić information content (AvgIpc) is 2.48. The third-order valence-corrected chi connectivity index (χ3v) is 1.97. The molecule has 1 atom stereocenters. The summed E-state index contributed by atoms with van der Waals surface area (Å²) < 4.78 is 0. The van der Waals surface area contributed by atoms with Gasteiger partial charge in [-0.25, -0.2) is 0 Å². The van der Waals surface area contributed by atoms with Crippen molar-refractivity contribution in [2.24, 2.45) is 4.99 Å². The van der Waals surface area contributed by atoms with Gasteiger partial charge in [-0.2, -0.15) is 0 Å². The van der Waals surface area contributed by atoms with E-state index in [1.807, 2.05) is 0 Å². The molecule has 0 fully saturated rings. The largest absolute Gasteiger partial charge is 0.361 e. The molecular formula is C9H17N3O. The lowest BCUT2D eigenvalue weighted by atomic mass is 10.2. The molecule has 0 aromatic heterocycles. The average molecular weight is 183 g/mol. The minimum atomic E-state index is -0.0936. The number of rotatable bonds is 4. The van der Waals surface area contributed by atoms with Gasteiger partial charge in [0.15, 0.2) is 5.78 Å². The second-order valence-corrected chi connectivity index (χ2v) is 3.63. The van der Waals surface area contributed by atoms with Gasteiger partial charge in [-0.05, 0) is 6.92 Å². The summed E-state index contributed by atoms with van der Waals surface area (Å²) in [6.45, 7) is 7.06. The van der Waals surface area contributed by atoms with Crippen LogP contribution in [0.15, 0.2) is 4.99 Å². The SMILES string of the molecule is CC(=O)C1CN=C(CNC(C)C)N1. The molecule has 1 aliphatic heterocycles. The lowest BCUT2D eigenvalue weighted by molar-refractivity contribution is -0.118. The van der Waals surface area contributed by atoms with Gasteiger partial charge >= 0.3 is 0 Å². The lowest BCUT2D eigenvalue weighted by Gasteiger charge is -2.10. The molecular weight excluding hydrogens is 166 g/mol. The monoisotopic (exact) mass is 183 g/mol. The molecule has 74 valence electrons. The van der Waals surface area contributed by atoms with E-state index < -0.39 is 0 Å². The molecule has 1 rings (SSSR count). The summed E-state index contributed by atoms with van der Waals surface area (Å²) in [5.74, 6) is 1.05. The van der Waals surface area contributed by atoms with Crippen LogP contribution in [-0.2, 0) is 4.79 Å². The zero-order valence-corrected chi connectivity index (χ0v) is 8.42. The molecule has 0 saturated heterocycles. The highest BCUT2D eigenvalue weighted by atomic mass is 16.1. The van der Waals surface area contributed by atoms with Crippen LogP contribution in [0, 0.1) is 0 Å². The summed E-state index contributed by atoms with van der Waals surface area (Å²) in [4.78, 5) is 15.2.